The van der Waals surface area contributed by atoms with Gasteiger partial charge in [-0.3, -0.25) is 4.79 Å². The Morgan fingerprint density at radius 3 is 3.00 bits per heavy atom. The molecule has 0 unspecified atom stereocenters. The molecule has 2 aromatic rings. The van der Waals surface area contributed by atoms with Crippen molar-refractivity contribution in [2.45, 2.75) is 31.3 Å². The van der Waals surface area contributed by atoms with E-state index in [1.807, 2.05) is 12.1 Å². The highest BCUT2D eigenvalue weighted by atomic mass is 19.1. The highest BCUT2D eigenvalue weighted by molar-refractivity contribution is 6.33. The van der Waals surface area contributed by atoms with Crippen molar-refractivity contribution in [2.75, 3.05) is 13.7 Å². The number of carbonyl (C=O) groups excluding carboxylic acids is 1. The van der Waals surface area contributed by atoms with E-state index in [9.17, 15) is 9.18 Å². The zero-order valence-electron chi connectivity index (χ0n) is 14.5. The molecular weight excluding hydrogens is 334 g/mol. The average Bonchev–Trinajstić information content (AvgIpc) is 3.23. The third kappa shape index (κ3) is 2.93. The largest absolute Gasteiger partial charge is 0.492 e. The van der Waals surface area contributed by atoms with Crippen LogP contribution in [0.15, 0.2) is 30.3 Å². The van der Waals surface area contributed by atoms with Crippen LogP contribution in [0.5, 0.6) is 11.5 Å². The van der Waals surface area contributed by atoms with Gasteiger partial charge in [-0.15, -0.1) is 0 Å². The Morgan fingerprint density at radius 1 is 1.35 bits per heavy atom. The van der Waals surface area contributed by atoms with Crippen molar-refractivity contribution in [1.82, 2.24) is 0 Å². The van der Waals surface area contributed by atoms with Gasteiger partial charge in [0.2, 0.25) is 0 Å². The fraction of sp³-hybridized carbons (Fsp3) is 0.350. The molecule has 0 spiro atoms. The second-order valence-electron chi connectivity index (χ2n) is 6.66. The van der Waals surface area contributed by atoms with Gasteiger partial charge in [0.15, 0.2) is 0 Å². The van der Waals surface area contributed by atoms with Crippen molar-refractivity contribution in [2.24, 2.45) is 0 Å². The molecule has 6 heteroatoms. The summed E-state index contributed by atoms with van der Waals surface area (Å²) in [5.74, 6) is 0.746. The molecule has 0 amide bonds. The zero-order valence-corrected chi connectivity index (χ0v) is 14.5. The topological polar surface area (TPSA) is 44.8 Å². The van der Waals surface area contributed by atoms with Crippen LogP contribution in [0.25, 0.3) is 0 Å². The van der Waals surface area contributed by atoms with Gasteiger partial charge in [-0.05, 0) is 30.5 Å². The van der Waals surface area contributed by atoms with Gasteiger partial charge in [-0.25, -0.2) is 4.39 Å². The van der Waals surface area contributed by atoms with E-state index in [0.29, 0.717) is 42.0 Å². The minimum Gasteiger partial charge on any atom is -0.492 e. The second-order valence-corrected chi connectivity index (χ2v) is 6.66. The first-order valence-electron chi connectivity index (χ1n) is 8.63. The first kappa shape index (κ1) is 16.9. The lowest BCUT2D eigenvalue weighted by Gasteiger charge is -2.17. The maximum Gasteiger partial charge on any atom is 0.306 e. The summed E-state index contributed by atoms with van der Waals surface area (Å²) in [6.07, 6.45) is 1.30. The monoisotopic (exact) mass is 352 g/mol. The molecule has 0 aromatic heterocycles. The van der Waals surface area contributed by atoms with Gasteiger partial charge in [0.1, 0.15) is 31.3 Å². The van der Waals surface area contributed by atoms with Gasteiger partial charge in [0.05, 0.1) is 20.1 Å². The zero-order chi connectivity index (χ0) is 18.3. The molecule has 1 aliphatic carbocycles. The van der Waals surface area contributed by atoms with Crippen LogP contribution in [0.3, 0.4) is 0 Å². The fourth-order valence-electron chi connectivity index (χ4n) is 3.77. The van der Waals surface area contributed by atoms with E-state index >= 15 is 0 Å². The van der Waals surface area contributed by atoms with Crippen LogP contribution in [-0.2, 0) is 16.0 Å². The minimum absolute atomic E-state index is 0.0176. The summed E-state index contributed by atoms with van der Waals surface area (Å²) in [5.41, 5.74) is 2.96. The van der Waals surface area contributed by atoms with Crippen LogP contribution in [0.2, 0.25) is 0 Å². The summed E-state index contributed by atoms with van der Waals surface area (Å²) < 4.78 is 30.7. The van der Waals surface area contributed by atoms with E-state index in [1.54, 1.807) is 12.1 Å². The van der Waals surface area contributed by atoms with E-state index in [4.69, 9.17) is 22.1 Å². The Labute approximate surface area is 152 Å². The Hall–Kier alpha value is -2.50. The molecule has 4 nitrogen and oxygen atoms in total. The van der Waals surface area contributed by atoms with Crippen LogP contribution in [0.1, 0.15) is 41.6 Å². The molecule has 0 saturated carbocycles. The summed E-state index contributed by atoms with van der Waals surface area (Å²) in [5, 5.41) is 0. The van der Waals surface area contributed by atoms with Gasteiger partial charge in [-0.2, -0.15) is 0 Å². The normalized spacial score (nSPS) is 20.2. The number of esters is 1. The van der Waals surface area contributed by atoms with Gasteiger partial charge in [0.25, 0.3) is 0 Å². The summed E-state index contributed by atoms with van der Waals surface area (Å²) >= 11 is 0. The quantitative estimate of drug-likeness (QED) is 0.627. The minimum atomic E-state index is -0.362. The molecule has 0 N–H and O–H groups in total. The van der Waals surface area contributed by atoms with Crippen LogP contribution in [0, 0.1) is 5.82 Å². The molecule has 2 atom stereocenters. The van der Waals surface area contributed by atoms with Gasteiger partial charge in [0, 0.05) is 23.1 Å². The predicted molar refractivity (Wildman–Crippen MR) is 94.8 cm³/mol. The number of benzene rings is 2. The number of halogens is 1. The lowest BCUT2D eigenvalue weighted by Crippen LogP contribution is -2.13. The van der Waals surface area contributed by atoms with Crippen molar-refractivity contribution >= 4 is 19.3 Å². The van der Waals surface area contributed by atoms with Gasteiger partial charge in [-0.1, -0.05) is 17.6 Å². The maximum absolute atomic E-state index is 14.2. The van der Waals surface area contributed by atoms with Crippen molar-refractivity contribution in [3.8, 4) is 11.5 Å². The molecular formula is C20H18BFO4. The third-order valence-corrected chi connectivity index (χ3v) is 5.10. The number of carbonyl (C=O) groups is 1. The molecule has 132 valence electrons. The van der Waals surface area contributed by atoms with E-state index in [1.165, 1.54) is 13.2 Å². The first-order valence-corrected chi connectivity index (χ1v) is 8.63. The second kappa shape index (κ2) is 6.67. The number of fused-ring (bicyclic) bond motifs is 2. The van der Waals surface area contributed by atoms with Crippen molar-refractivity contribution in [3.63, 3.8) is 0 Å². The molecule has 2 aromatic carbocycles. The predicted octanol–water partition coefficient (Wildman–Crippen LogP) is 2.72. The lowest BCUT2D eigenvalue weighted by molar-refractivity contribution is -0.141. The third-order valence-electron chi connectivity index (χ3n) is 5.10. The summed E-state index contributed by atoms with van der Waals surface area (Å²) in [6, 6.07) is 8.52. The highest BCUT2D eigenvalue weighted by Crippen LogP contribution is 2.41. The van der Waals surface area contributed by atoms with E-state index in [0.717, 1.165) is 11.1 Å². The Bertz CT molecular complexity index is 867. The molecule has 2 aliphatic rings. The van der Waals surface area contributed by atoms with Gasteiger partial charge < -0.3 is 14.2 Å². The molecule has 1 heterocycles. The molecule has 2 radical (unpaired) electrons. The lowest BCUT2D eigenvalue weighted by atomic mass is 9.88. The summed E-state index contributed by atoms with van der Waals surface area (Å²) in [7, 11) is 7.33. The Kier molecular flexibility index (Phi) is 4.35. The number of rotatable bonds is 4. The van der Waals surface area contributed by atoms with Crippen molar-refractivity contribution < 1.29 is 23.4 Å². The number of methoxy groups -OCH3 is 1. The maximum atomic E-state index is 14.2. The fourth-order valence-corrected chi connectivity index (χ4v) is 3.77. The number of hydrogen-bond donors (Lipinski definition) is 0. The van der Waals surface area contributed by atoms with Crippen molar-refractivity contribution in [3.05, 3.63) is 52.8 Å². The highest BCUT2D eigenvalue weighted by Gasteiger charge is 2.30. The van der Waals surface area contributed by atoms with Crippen LogP contribution in [-0.4, -0.2) is 27.5 Å². The Balaban J connectivity index is 1.54. The molecule has 4 rings (SSSR count). The van der Waals surface area contributed by atoms with Crippen LogP contribution < -0.4 is 14.9 Å². The molecule has 0 fully saturated rings. The van der Waals surface area contributed by atoms with E-state index < -0.39 is 0 Å². The smallest absolute Gasteiger partial charge is 0.306 e. The van der Waals surface area contributed by atoms with Crippen LogP contribution >= 0.6 is 0 Å². The number of ether oxygens (including phenoxy) is 3. The Morgan fingerprint density at radius 2 is 2.19 bits per heavy atom. The van der Waals surface area contributed by atoms with E-state index in [-0.39, 0.29) is 30.2 Å². The molecule has 1 aliphatic heterocycles. The molecule has 26 heavy (non-hydrogen) atoms. The number of hydrogen-bond acceptors (Lipinski definition) is 4. The summed E-state index contributed by atoms with van der Waals surface area (Å²) in [6.45, 7) is 0.436. The molecule has 0 saturated heterocycles. The SMILES string of the molecule is [B]c1ccc(F)c2c1CC[C@H]2Oc1ccc2c(c1)OC[C@H]2CC(=O)OC. The van der Waals surface area contributed by atoms with Gasteiger partial charge >= 0.3 is 5.97 Å². The molecule has 0 bridgehead atoms. The van der Waals surface area contributed by atoms with Crippen molar-refractivity contribution in [1.29, 1.82) is 0 Å². The van der Waals surface area contributed by atoms with Crippen LogP contribution in [0.4, 0.5) is 4.39 Å². The average molecular weight is 352 g/mol. The standard InChI is InChI=1S/C20H18BFO4/c1-24-19(23)8-11-10-25-18-9-12(2-3-13(11)18)26-17-7-4-14-15(21)5-6-16(22)20(14)17/h2-3,5-6,9,11,17H,4,7-8,10H2,1H3/t11-,17-/m1/s1. The van der Waals surface area contributed by atoms with E-state index in [2.05, 4.69) is 0 Å². The summed E-state index contributed by atoms with van der Waals surface area (Å²) in [4.78, 5) is 11.5. The first-order chi connectivity index (χ1) is 12.6.